The summed E-state index contributed by atoms with van der Waals surface area (Å²) in [6.45, 7) is 13.1. The summed E-state index contributed by atoms with van der Waals surface area (Å²) in [4.78, 5) is 29.1. The number of benzene rings is 1. The molecule has 42 heavy (non-hydrogen) atoms. The molecule has 1 aromatic carbocycles. The topological polar surface area (TPSA) is 106 Å². The molecule has 8 nitrogen and oxygen atoms in total. The van der Waals surface area contributed by atoms with E-state index in [1.54, 1.807) is 12.1 Å². The molecular weight excluding hydrogens is 557 g/mol. The van der Waals surface area contributed by atoms with Gasteiger partial charge in [0.15, 0.2) is 6.61 Å². The number of hydrogen-bond donors (Lipinski definition) is 2. The third-order valence-electron chi connectivity index (χ3n) is 11.4. The van der Waals surface area contributed by atoms with Gasteiger partial charge in [-0.05, 0) is 85.8 Å². The number of ether oxygens (including phenoxy) is 2. The number of aliphatic hydroxyl groups excluding tert-OH is 1. The summed E-state index contributed by atoms with van der Waals surface area (Å²) in [5.74, 6) is -0.0321. The second-order valence-corrected chi connectivity index (χ2v) is 13.9. The number of hydrogen-bond acceptors (Lipinski definition) is 8. The van der Waals surface area contributed by atoms with Gasteiger partial charge in [-0.1, -0.05) is 33.8 Å². The Labute approximate surface area is 256 Å². The second-order valence-electron chi connectivity index (χ2n) is 13.9. The predicted octanol–water partition coefficient (Wildman–Crippen LogP) is 3.67. The molecule has 0 aromatic heterocycles. The van der Waals surface area contributed by atoms with Gasteiger partial charge in [0.25, 0.3) is 0 Å². The summed E-state index contributed by atoms with van der Waals surface area (Å²) in [6, 6.07) is 3.60. The zero-order valence-electron chi connectivity index (χ0n) is 25.9. The maximum absolute atomic E-state index is 13.6. The molecule has 10 heteroatoms. The van der Waals surface area contributed by atoms with Gasteiger partial charge in [-0.3, -0.25) is 4.79 Å². The van der Waals surface area contributed by atoms with Crippen LogP contribution >= 0.6 is 12.4 Å². The molecule has 1 aromatic rings. The molecule has 2 N–H and O–H groups in total. The molecule has 2 bridgehead atoms. The van der Waals surface area contributed by atoms with E-state index in [-0.39, 0.29) is 48.0 Å². The SMILES string of the molecule is C=C[C@]1(C)C[C@@H](OC(=O)COc2cc(CN(C)C)c3c(c2)B(O)OC3)[C@]2(C)[C@H](C)CC[C@]3(CCC(=O)[C@H]32)[C@@H](C)[C@@H]1O.Cl. The number of carbonyl (C=O) groups excluding carboxylic acids is 2. The normalized spacial score (nSPS) is 37.3. The molecule has 0 unspecified atom stereocenters. The van der Waals surface area contributed by atoms with E-state index in [0.717, 1.165) is 30.4 Å². The van der Waals surface area contributed by atoms with Crippen molar-refractivity contribution in [3.8, 4) is 5.75 Å². The van der Waals surface area contributed by atoms with Crippen molar-refractivity contribution in [2.45, 2.75) is 85.2 Å². The number of Topliss-reactive ketones (excluding diaryl/α,β-unsaturated/α-hetero) is 1. The molecule has 0 amide bonds. The largest absolute Gasteiger partial charge is 0.491 e. The number of halogens is 1. The quantitative estimate of drug-likeness (QED) is 0.276. The van der Waals surface area contributed by atoms with Gasteiger partial charge in [0, 0.05) is 29.7 Å². The van der Waals surface area contributed by atoms with Crippen molar-refractivity contribution < 1.29 is 33.8 Å². The lowest BCUT2D eigenvalue weighted by atomic mass is 9.44. The minimum Gasteiger partial charge on any atom is -0.482 e. The van der Waals surface area contributed by atoms with Crippen LogP contribution in [0.15, 0.2) is 24.8 Å². The van der Waals surface area contributed by atoms with Crippen LogP contribution in [0.4, 0.5) is 0 Å². The zero-order valence-corrected chi connectivity index (χ0v) is 26.7. The fourth-order valence-corrected chi connectivity index (χ4v) is 8.78. The van der Waals surface area contributed by atoms with Crippen molar-refractivity contribution >= 4 is 36.7 Å². The van der Waals surface area contributed by atoms with Gasteiger partial charge in [0.05, 0.1) is 12.7 Å². The number of aliphatic hydroxyl groups is 1. The van der Waals surface area contributed by atoms with Crippen LogP contribution in [0.2, 0.25) is 0 Å². The van der Waals surface area contributed by atoms with Gasteiger partial charge in [-0.15, -0.1) is 19.0 Å². The van der Waals surface area contributed by atoms with Crippen molar-refractivity contribution in [3.63, 3.8) is 0 Å². The fourth-order valence-electron chi connectivity index (χ4n) is 8.78. The number of esters is 1. The molecule has 3 saturated carbocycles. The maximum atomic E-state index is 13.6. The molecule has 3 aliphatic carbocycles. The zero-order chi connectivity index (χ0) is 29.9. The van der Waals surface area contributed by atoms with E-state index in [9.17, 15) is 19.7 Å². The van der Waals surface area contributed by atoms with E-state index in [2.05, 4.69) is 27.4 Å². The Morgan fingerprint density at radius 2 is 1.98 bits per heavy atom. The number of carbonyl (C=O) groups is 2. The predicted molar refractivity (Wildman–Crippen MR) is 164 cm³/mol. The first-order valence-corrected chi connectivity index (χ1v) is 15.0. The highest BCUT2D eigenvalue weighted by Crippen LogP contribution is 2.68. The summed E-state index contributed by atoms with van der Waals surface area (Å²) in [7, 11) is 2.90. The summed E-state index contributed by atoms with van der Waals surface area (Å²) in [5, 5.41) is 22.0. The van der Waals surface area contributed by atoms with Gasteiger partial charge in [-0.25, -0.2) is 4.79 Å². The molecule has 1 aliphatic heterocycles. The van der Waals surface area contributed by atoms with Crippen molar-refractivity contribution in [3.05, 3.63) is 35.9 Å². The molecule has 0 saturated heterocycles. The van der Waals surface area contributed by atoms with E-state index in [1.807, 2.05) is 32.0 Å². The van der Waals surface area contributed by atoms with Gasteiger partial charge in [0.2, 0.25) is 0 Å². The Hall–Kier alpha value is -1.91. The van der Waals surface area contributed by atoms with Gasteiger partial charge in [0.1, 0.15) is 17.6 Å². The highest BCUT2D eigenvalue weighted by Gasteiger charge is 2.68. The summed E-state index contributed by atoms with van der Waals surface area (Å²) in [6.07, 6.45) is 3.94. The second kappa shape index (κ2) is 11.9. The van der Waals surface area contributed by atoms with E-state index in [4.69, 9.17) is 14.1 Å². The van der Waals surface area contributed by atoms with Gasteiger partial charge < -0.3 is 29.2 Å². The standard InChI is InChI=1S/C32H46BNO7.ClH/c1-8-30(4)15-26(31(5)19(2)9-11-32(20(3)29(30)37)12-10-25(35)28(31)32)41-27(36)18-39-22-13-21(16-34(6)7)23-17-40-33(38)24(23)14-22;/h8,13-14,19-20,26,28-29,37-38H,1,9-12,15-18H2,2-7H3;1H/t19-,20+,26-,28+,29+,30-,31+,32+;/m1./s1. The molecule has 0 spiro atoms. The van der Waals surface area contributed by atoms with Crippen LogP contribution < -0.4 is 10.2 Å². The third-order valence-corrected chi connectivity index (χ3v) is 11.4. The third kappa shape index (κ3) is 5.23. The van der Waals surface area contributed by atoms with Crippen LogP contribution in [0.5, 0.6) is 5.75 Å². The Balaban J connectivity index is 0.00000405. The molecule has 5 rings (SSSR count). The minimum absolute atomic E-state index is 0. The van der Waals surface area contributed by atoms with E-state index in [1.165, 1.54) is 0 Å². The highest BCUT2D eigenvalue weighted by molar-refractivity contribution is 6.61. The lowest BCUT2D eigenvalue weighted by molar-refractivity contribution is -0.207. The Bertz CT molecular complexity index is 1230. The number of ketones is 1. The van der Waals surface area contributed by atoms with Crippen LogP contribution in [0, 0.1) is 34.0 Å². The van der Waals surface area contributed by atoms with Crippen LogP contribution in [-0.2, 0) is 32.1 Å². The van der Waals surface area contributed by atoms with Crippen molar-refractivity contribution in [1.29, 1.82) is 0 Å². The first-order chi connectivity index (χ1) is 19.3. The summed E-state index contributed by atoms with van der Waals surface area (Å²) >= 11 is 0. The Morgan fingerprint density at radius 1 is 1.26 bits per heavy atom. The first kappa shape index (κ1) is 33.0. The number of fused-ring (bicyclic) bond motifs is 1. The number of nitrogens with zero attached hydrogens (tertiary/aromatic N) is 1. The number of rotatable bonds is 7. The van der Waals surface area contributed by atoms with E-state index < -0.39 is 36.1 Å². The van der Waals surface area contributed by atoms with Crippen LogP contribution in [-0.4, -0.2) is 66.8 Å². The molecular formula is C32H47BClNO7. The van der Waals surface area contributed by atoms with Gasteiger partial charge in [-0.2, -0.15) is 0 Å². The van der Waals surface area contributed by atoms with Gasteiger partial charge >= 0.3 is 13.1 Å². The van der Waals surface area contributed by atoms with E-state index in [0.29, 0.717) is 37.2 Å². The lowest BCUT2D eigenvalue weighted by Crippen LogP contribution is -2.63. The highest BCUT2D eigenvalue weighted by atomic mass is 35.5. The van der Waals surface area contributed by atoms with Crippen molar-refractivity contribution in [1.82, 2.24) is 4.90 Å². The Kier molecular flexibility index (Phi) is 9.34. The molecule has 4 aliphatic rings. The molecule has 3 fully saturated rings. The van der Waals surface area contributed by atoms with Crippen molar-refractivity contribution in [2.75, 3.05) is 20.7 Å². The van der Waals surface area contributed by atoms with Crippen LogP contribution in [0.25, 0.3) is 0 Å². The maximum Gasteiger partial charge on any atom is 0.491 e. The first-order valence-electron chi connectivity index (χ1n) is 15.0. The van der Waals surface area contributed by atoms with Crippen LogP contribution in [0.1, 0.15) is 70.9 Å². The molecule has 0 radical (unpaired) electrons. The van der Waals surface area contributed by atoms with Crippen LogP contribution in [0.3, 0.4) is 0 Å². The molecule has 232 valence electrons. The fraction of sp³-hybridized carbons (Fsp3) is 0.688. The van der Waals surface area contributed by atoms with Crippen molar-refractivity contribution in [2.24, 2.45) is 34.0 Å². The average Bonchev–Trinajstić information content (AvgIpc) is 3.48. The molecule has 1 heterocycles. The Morgan fingerprint density at radius 3 is 2.64 bits per heavy atom. The minimum atomic E-state index is -1.03. The van der Waals surface area contributed by atoms with E-state index >= 15 is 0 Å². The molecule has 8 atom stereocenters. The summed E-state index contributed by atoms with van der Waals surface area (Å²) in [5.41, 5.74) is 0.975. The lowest BCUT2D eigenvalue weighted by Gasteiger charge is -2.61. The summed E-state index contributed by atoms with van der Waals surface area (Å²) < 4.78 is 17.7. The smallest absolute Gasteiger partial charge is 0.482 e. The average molecular weight is 604 g/mol. The monoisotopic (exact) mass is 603 g/mol.